The predicted octanol–water partition coefficient (Wildman–Crippen LogP) is 2.23. The summed E-state index contributed by atoms with van der Waals surface area (Å²) in [5, 5.41) is 2.73. The van der Waals surface area contributed by atoms with Crippen LogP contribution >= 0.6 is 0 Å². The number of carbonyl (C=O) groups excluding carboxylic acids is 1. The van der Waals surface area contributed by atoms with E-state index >= 15 is 0 Å². The molecule has 0 saturated heterocycles. The summed E-state index contributed by atoms with van der Waals surface area (Å²) in [5.74, 6) is 0.296. The molecule has 0 aromatic heterocycles. The number of nitrogens with one attached hydrogen (secondary N) is 1. The maximum Gasteiger partial charge on any atom is 0.239 e. The van der Waals surface area contributed by atoms with Crippen LogP contribution in [0.5, 0.6) is 5.75 Å². The highest BCUT2D eigenvalue weighted by Gasteiger charge is 2.29. The maximum atomic E-state index is 12.3. The van der Waals surface area contributed by atoms with Gasteiger partial charge in [-0.2, -0.15) is 4.31 Å². The molecular weight excluding hydrogens is 316 g/mol. The Hall–Kier alpha value is -1.60. The van der Waals surface area contributed by atoms with Crippen LogP contribution in [0.1, 0.15) is 32.1 Å². The Bertz CT molecular complexity index is 639. The molecule has 23 heavy (non-hydrogen) atoms. The fourth-order valence-electron chi connectivity index (χ4n) is 2.93. The average Bonchev–Trinajstić information content (AvgIpc) is 2.52. The second-order valence-electron chi connectivity index (χ2n) is 5.88. The highest BCUT2D eigenvalue weighted by Crippen LogP contribution is 2.24. The van der Waals surface area contributed by atoms with Gasteiger partial charge in [0.15, 0.2) is 0 Å². The molecule has 0 radical (unpaired) electrons. The fraction of sp³-hybridized carbons (Fsp3) is 0.562. The van der Waals surface area contributed by atoms with Gasteiger partial charge in [-0.1, -0.05) is 25.3 Å². The van der Waals surface area contributed by atoms with E-state index < -0.39 is 10.0 Å². The summed E-state index contributed by atoms with van der Waals surface area (Å²) < 4.78 is 30.5. The van der Waals surface area contributed by atoms with E-state index in [-0.39, 0.29) is 18.5 Å². The van der Waals surface area contributed by atoms with Crippen LogP contribution in [0.3, 0.4) is 0 Å². The number of sulfonamides is 1. The Kier molecular flexibility index (Phi) is 6.01. The SMILES string of the molecule is COc1cccc(NC(=O)CN(C2CCCCC2)S(C)(=O)=O)c1. The molecule has 1 amide bonds. The van der Waals surface area contributed by atoms with Gasteiger partial charge in [0.05, 0.1) is 19.9 Å². The van der Waals surface area contributed by atoms with Gasteiger partial charge in [0, 0.05) is 17.8 Å². The lowest BCUT2D eigenvalue weighted by Crippen LogP contribution is -2.45. The summed E-state index contributed by atoms with van der Waals surface area (Å²) >= 11 is 0. The van der Waals surface area contributed by atoms with E-state index in [1.54, 1.807) is 31.4 Å². The number of anilines is 1. The standard InChI is InChI=1S/C16H24N2O4S/c1-22-15-10-6-7-13(11-15)17-16(19)12-18(23(2,20)21)14-8-4-3-5-9-14/h6-7,10-11,14H,3-5,8-9,12H2,1-2H3,(H,17,19). The normalized spacial score (nSPS) is 16.3. The van der Waals surface area contributed by atoms with Crippen molar-refractivity contribution < 1.29 is 17.9 Å². The summed E-state index contributed by atoms with van der Waals surface area (Å²) in [7, 11) is -1.87. The molecule has 1 saturated carbocycles. The van der Waals surface area contributed by atoms with E-state index in [9.17, 15) is 13.2 Å². The Morgan fingerprint density at radius 2 is 2.00 bits per heavy atom. The third-order valence-corrected chi connectivity index (χ3v) is 5.34. The molecule has 0 heterocycles. The molecule has 0 bridgehead atoms. The number of carbonyl (C=O) groups is 1. The lowest BCUT2D eigenvalue weighted by Gasteiger charge is -2.31. The van der Waals surface area contributed by atoms with Gasteiger partial charge in [0.25, 0.3) is 0 Å². The van der Waals surface area contributed by atoms with Crippen molar-refractivity contribution in [2.75, 3.05) is 25.2 Å². The number of amides is 1. The monoisotopic (exact) mass is 340 g/mol. The average molecular weight is 340 g/mol. The van der Waals surface area contributed by atoms with E-state index in [0.717, 1.165) is 32.1 Å². The topological polar surface area (TPSA) is 75.7 Å². The minimum absolute atomic E-state index is 0.0743. The second-order valence-corrected chi connectivity index (χ2v) is 7.82. The van der Waals surface area contributed by atoms with Crippen LogP contribution in [0.4, 0.5) is 5.69 Å². The van der Waals surface area contributed by atoms with Crippen molar-refractivity contribution in [3.05, 3.63) is 24.3 Å². The van der Waals surface area contributed by atoms with Gasteiger partial charge in [-0.25, -0.2) is 8.42 Å². The number of benzene rings is 1. The molecule has 7 heteroatoms. The van der Waals surface area contributed by atoms with Gasteiger partial charge in [0.1, 0.15) is 5.75 Å². The molecule has 0 aliphatic heterocycles. The van der Waals surface area contributed by atoms with Crippen LogP contribution in [0.15, 0.2) is 24.3 Å². The van der Waals surface area contributed by atoms with Gasteiger partial charge in [0.2, 0.25) is 15.9 Å². The largest absolute Gasteiger partial charge is 0.497 e. The van der Waals surface area contributed by atoms with Crippen molar-refractivity contribution in [1.29, 1.82) is 0 Å². The first kappa shape index (κ1) is 17.7. The highest BCUT2D eigenvalue weighted by atomic mass is 32.2. The van der Waals surface area contributed by atoms with E-state index in [2.05, 4.69) is 5.32 Å². The molecule has 1 aromatic carbocycles. The van der Waals surface area contributed by atoms with Gasteiger partial charge < -0.3 is 10.1 Å². The maximum absolute atomic E-state index is 12.3. The number of hydrogen-bond donors (Lipinski definition) is 1. The summed E-state index contributed by atoms with van der Waals surface area (Å²) in [4.78, 5) is 12.3. The quantitative estimate of drug-likeness (QED) is 0.861. The molecule has 0 spiro atoms. The van der Waals surface area contributed by atoms with Crippen LogP contribution in [-0.2, 0) is 14.8 Å². The Balaban J connectivity index is 2.05. The molecule has 6 nitrogen and oxygen atoms in total. The van der Waals surface area contributed by atoms with Crippen molar-refractivity contribution in [3.8, 4) is 5.75 Å². The molecule has 0 atom stereocenters. The molecule has 1 aromatic rings. The van der Waals surface area contributed by atoms with Crippen LogP contribution in [0, 0.1) is 0 Å². The molecule has 1 aliphatic carbocycles. The molecule has 2 rings (SSSR count). The Morgan fingerprint density at radius 3 is 2.61 bits per heavy atom. The molecule has 1 N–H and O–H groups in total. The van der Waals surface area contributed by atoms with Crippen molar-refractivity contribution in [2.45, 2.75) is 38.1 Å². The van der Waals surface area contributed by atoms with Crippen molar-refractivity contribution in [3.63, 3.8) is 0 Å². The highest BCUT2D eigenvalue weighted by molar-refractivity contribution is 7.88. The fourth-order valence-corrected chi connectivity index (χ4v) is 4.03. The number of rotatable bonds is 6. The number of methoxy groups -OCH3 is 1. The van der Waals surface area contributed by atoms with E-state index in [1.807, 2.05) is 0 Å². The zero-order valence-corrected chi connectivity index (χ0v) is 14.4. The molecule has 1 fully saturated rings. The van der Waals surface area contributed by atoms with Gasteiger partial charge in [-0.3, -0.25) is 4.79 Å². The Morgan fingerprint density at radius 1 is 1.30 bits per heavy atom. The molecule has 1 aliphatic rings. The smallest absolute Gasteiger partial charge is 0.239 e. The summed E-state index contributed by atoms with van der Waals surface area (Å²) in [6.07, 6.45) is 5.95. The lowest BCUT2D eigenvalue weighted by molar-refractivity contribution is -0.116. The number of hydrogen-bond acceptors (Lipinski definition) is 4. The van der Waals surface area contributed by atoms with Crippen LogP contribution in [0.25, 0.3) is 0 Å². The first-order valence-electron chi connectivity index (χ1n) is 7.81. The summed E-state index contributed by atoms with van der Waals surface area (Å²) in [5.41, 5.74) is 0.589. The minimum atomic E-state index is -3.42. The van der Waals surface area contributed by atoms with Crippen molar-refractivity contribution in [1.82, 2.24) is 4.31 Å². The first-order chi connectivity index (χ1) is 10.9. The lowest BCUT2D eigenvalue weighted by atomic mass is 9.95. The third-order valence-electron chi connectivity index (χ3n) is 4.06. The zero-order chi connectivity index (χ0) is 16.9. The predicted molar refractivity (Wildman–Crippen MR) is 90.0 cm³/mol. The third kappa shape index (κ3) is 5.21. The first-order valence-corrected chi connectivity index (χ1v) is 9.65. The molecular formula is C16H24N2O4S. The van der Waals surface area contributed by atoms with Gasteiger partial charge in [-0.05, 0) is 25.0 Å². The van der Waals surface area contributed by atoms with Crippen LogP contribution < -0.4 is 10.1 Å². The van der Waals surface area contributed by atoms with E-state index in [1.165, 1.54) is 10.6 Å². The second kappa shape index (κ2) is 7.79. The van der Waals surface area contributed by atoms with Crippen LogP contribution in [0.2, 0.25) is 0 Å². The number of ether oxygens (including phenoxy) is 1. The van der Waals surface area contributed by atoms with Crippen LogP contribution in [-0.4, -0.2) is 44.6 Å². The molecule has 0 unspecified atom stereocenters. The minimum Gasteiger partial charge on any atom is -0.497 e. The van der Waals surface area contributed by atoms with E-state index in [0.29, 0.717) is 11.4 Å². The zero-order valence-electron chi connectivity index (χ0n) is 13.6. The molecule has 128 valence electrons. The Labute approximate surface area is 137 Å². The van der Waals surface area contributed by atoms with Gasteiger partial charge in [-0.15, -0.1) is 0 Å². The summed E-state index contributed by atoms with van der Waals surface area (Å²) in [6, 6.07) is 6.91. The van der Waals surface area contributed by atoms with E-state index in [4.69, 9.17) is 4.74 Å². The summed E-state index contributed by atoms with van der Waals surface area (Å²) in [6.45, 7) is -0.152. The van der Waals surface area contributed by atoms with Gasteiger partial charge >= 0.3 is 0 Å². The van der Waals surface area contributed by atoms with Crippen molar-refractivity contribution >= 4 is 21.6 Å². The number of nitrogens with zero attached hydrogens (tertiary/aromatic N) is 1. The van der Waals surface area contributed by atoms with Crippen molar-refractivity contribution in [2.24, 2.45) is 0 Å².